The predicted molar refractivity (Wildman–Crippen MR) is 81.9 cm³/mol. The Labute approximate surface area is 124 Å². The highest BCUT2D eigenvalue weighted by Crippen LogP contribution is 2.11. The van der Waals surface area contributed by atoms with E-state index in [1.807, 2.05) is 13.8 Å². The summed E-state index contributed by atoms with van der Waals surface area (Å²) in [5.41, 5.74) is 6.26. The highest BCUT2D eigenvalue weighted by molar-refractivity contribution is 7.80. The van der Waals surface area contributed by atoms with Crippen molar-refractivity contribution in [3.63, 3.8) is 0 Å². The summed E-state index contributed by atoms with van der Waals surface area (Å²) < 4.78 is 10.7. The van der Waals surface area contributed by atoms with Gasteiger partial charge in [-0.05, 0) is 38.1 Å². The van der Waals surface area contributed by atoms with Crippen molar-refractivity contribution in [3.8, 4) is 5.75 Å². The van der Waals surface area contributed by atoms with Crippen LogP contribution in [0.3, 0.4) is 0 Å². The van der Waals surface area contributed by atoms with Crippen LogP contribution in [0, 0.1) is 0 Å². The molecule has 0 spiro atoms. The lowest BCUT2D eigenvalue weighted by Crippen LogP contribution is -2.35. The van der Waals surface area contributed by atoms with E-state index in [0.29, 0.717) is 23.9 Å². The van der Waals surface area contributed by atoms with Crippen molar-refractivity contribution >= 4 is 23.1 Å². The smallest absolute Gasteiger partial charge is 0.258 e. The maximum atomic E-state index is 11.6. The number of nitrogens with one attached hydrogen (secondary N) is 1. The molecule has 0 heterocycles. The van der Waals surface area contributed by atoms with E-state index in [2.05, 4.69) is 5.32 Å². The van der Waals surface area contributed by atoms with Gasteiger partial charge in [0.2, 0.25) is 0 Å². The Hall–Kier alpha value is -1.66. The van der Waals surface area contributed by atoms with E-state index in [1.165, 1.54) is 0 Å². The van der Waals surface area contributed by atoms with E-state index in [9.17, 15) is 4.79 Å². The number of amides is 1. The van der Waals surface area contributed by atoms with Gasteiger partial charge in [0, 0.05) is 18.7 Å². The zero-order valence-electron chi connectivity index (χ0n) is 11.7. The van der Waals surface area contributed by atoms with E-state index in [0.717, 1.165) is 5.56 Å². The molecule has 0 aliphatic rings. The van der Waals surface area contributed by atoms with E-state index in [1.54, 1.807) is 24.3 Å². The Bertz CT molecular complexity index is 448. The van der Waals surface area contributed by atoms with Gasteiger partial charge in [-0.15, -0.1) is 0 Å². The van der Waals surface area contributed by atoms with Crippen LogP contribution in [0.1, 0.15) is 19.4 Å². The molecular formula is C14H20N2O3S. The number of benzene rings is 1. The molecule has 5 nitrogen and oxygen atoms in total. The first-order valence-corrected chi connectivity index (χ1v) is 6.84. The molecule has 0 aliphatic carbocycles. The quantitative estimate of drug-likeness (QED) is 0.706. The molecule has 1 amide bonds. The van der Waals surface area contributed by atoms with Crippen LogP contribution in [-0.2, 0) is 9.53 Å². The van der Waals surface area contributed by atoms with Gasteiger partial charge >= 0.3 is 0 Å². The van der Waals surface area contributed by atoms with Crippen LogP contribution in [0.5, 0.6) is 5.75 Å². The second-order valence-electron chi connectivity index (χ2n) is 4.25. The third-order valence-corrected chi connectivity index (χ3v) is 2.78. The van der Waals surface area contributed by atoms with Gasteiger partial charge in [-0.1, -0.05) is 12.2 Å². The van der Waals surface area contributed by atoms with Crippen LogP contribution < -0.4 is 15.8 Å². The van der Waals surface area contributed by atoms with Gasteiger partial charge in [0.05, 0.1) is 6.10 Å². The van der Waals surface area contributed by atoms with Gasteiger partial charge in [0.15, 0.2) is 6.61 Å². The van der Waals surface area contributed by atoms with Crippen molar-refractivity contribution in [2.45, 2.75) is 20.0 Å². The van der Waals surface area contributed by atoms with Gasteiger partial charge in [0.1, 0.15) is 10.7 Å². The molecule has 1 atom stereocenters. The first-order valence-electron chi connectivity index (χ1n) is 6.44. The van der Waals surface area contributed by atoms with Gasteiger partial charge < -0.3 is 20.5 Å². The average Bonchev–Trinajstić information content (AvgIpc) is 2.43. The van der Waals surface area contributed by atoms with Crippen molar-refractivity contribution in [2.24, 2.45) is 5.73 Å². The van der Waals surface area contributed by atoms with Gasteiger partial charge in [-0.2, -0.15) is 0 Å². The zero-order valence-corrected chi connectivity index (χ0v) is 12.5. The minimum atomic E-state index is -0.185. The molecule has 0 saturated heterocycles. The van der Waals surface area contributed by atoms with Crippen molar-refractivity contribution in [1.82, 2.24) is 5.32 Å². The Morgan fingerprint density at radius 3 is 2.60 bits per heavy atom. The van der Waals surface area contributed by atoms with Crippen LogP contribution >= 0.6 is 12.2 Å². The molecule has 1 rings (SSSR count). The summed E-state index contributed by atoms with van der Waals surface area (Å²) in [6, 6.07) is 6.97. The lowest BCUT2D eigenvalue weighted by Gasteiger charge is -2.13. The molecule has 0 radical (unpaired) electrons. The topological polar surface area (TPSA) is 73.6 Å². The zero-order chi connectivity index (χ0) is 15.0. The molecule has 20 heavy (non-hydrogen) atoms. The number of thiocarbonyl (C=S) groups is 1. The molecule has 1 aromatic carbocycles. The molecular weight excluding hydrogens is 276 g/mol. The highest BCUT2D eigenvalue weighted by atomic mass is 32.1. The Balaban J connectivity index is 2.32. The Morgan fingerprint density at radius 1 is 1.40 bits per heavy atom. The summed E-state index contributed by atoms with van der Waals surface area (Å²) in [6.07, 6.45) is -0.00574. The fraction of sp³-hybridized carbons (Fsp3) is 0.429. The fourth-order valence-corrected chi connectivity index (χ4v) is 1.65. The summed E-state index contributed by atoms with van der Waals surface area (Å²) >= 11 is 4.85. The molecule has 0 saturated carbocycles. The number of carbonyl (C=O) groups is 1. The largest absolute Gasteiger partial charge is 0.484 e. The van der Waals surface area contributed by atoms with E-state index in [4.69, 9.17) is 27.4 Å². The van der Waals surface area contributed by atoms with Gasteiger partial charge in [-0.3, -0.25) is 4.79 Å². The van der Waals surface area contributed by atoms with Crippen molar-refractivity contribution in [3.05, 3.63) is 29.8 Å². The summed E-state index contributed by atoms with van der Waals surface area (Å²) in [4.78, 5) is 11.9. The van der Waals surface area contributed by atoms with Crippen LogP contribution in [-0.4, -0.2) is 36.8 Å². The minimum absolute atomic E-state index is 0.00574. The Kier molecular flexibility index (Phi) is 6.97. The number of nitrogens with two attached hydrogens (primary N) is 1. The maximum absolute atomic E-state index is 11.6. The van der Waals surface area contributed by atoms with Gasteiger partial charge in [0.25, 0.3) is 5.91 Å². The standard InChI is InChI=1S/C14H20N2O3S/c1-3-18-10(2)8-16-13(17)9-19-12-6-4-11(5-7-12)14(15)20/h4-7,10H,3,8-9H2,1-2H3,(H2,15,20)(H,16,17). The van der Waals surface area contributed by atoms with E-state index >= 15 is 0 Å². The molecule has 6 heteroatoms. The third kappa shape index (κ3) is 5.99. The number of hydrogen-bond acceptors (Lipinski definition) is 4. The van der Waals surface area contributed by atoms with Gasteiger partial charge in [-0.25, -0.2) is 0 Å². The first kappa shape index (κ1) is 16.4. The summed E-state index contributed by atoms with van der Waals surface area (Å²) in [7, 11) is 0. The molecule has 0 aliphatic heterocycles. The normalized spacial score (nSPS) is 11.7. The molecule has 0 bridgehead atoms. The van der Waals surface area contributed by atoms with E-state index < -0.39 is 0 Å². The van der Waals surface area contributed by atoms with Crippen molar-refractivity contribution < 1.29 is 14.3 Å². The van der Waals surface area contributed by atoms with E-state index in [-0.39, 0.29) is 18.6 Å². The second-order valence-corrected chi connectivity index (χ2v) is 4.69. The first-order chi connectivity index (χ1) is 9.52. The minimum Gasteiger partial charge on any atom is -0.484 e. The highest BCUT2D eigenvalue weighted by Gasteiger charge is 2.06. The number of hydrogen-bond donors (Lipinski definition) is 2. The predicted octanol–water partition coefficient (Wildman–Crippen LogP) is 1.24. The number of ether oxygens (including phenoxy) is 2. The monoisotopic (exact) mass is 296 g/mol. The number of rotatable bonds is 8. The van der Waals surface area contributed by atoms with Crippen LogP contribution in [0.15, 0.2) is 24.3 Å². The summed E-state index contributed by atoms with van der Waals surface area (Å²) in [6.45, 7) is 4.88. The summed E-state index contributed by atoms with van der Waals surface area (Å²) in [5, 5.41) is 2.74. The second kappa shape index (κ2) is 8.50. The molecule has 110 valence electrons. The van der Waals surface area contributed by atoms with Crippen LogP contribution in [0.2, 0.25) is 0 Å². The van der Waals surface area contributed by atoms with Crippen molar-refractivity contribution in [1.29, 1.82) is 0 Å². The van der Waals surface area contributed by atoms with Crippen LogP contribution in [0.4, 0.5) is 0 Å². The lowest BCUT2D eigenvalue weighted by atomic mass is 10.2. The molecule has 1 aromatic rings. The molecule has 0 aromatic heterocycles. The van der Waals surface area contributed by atoms with Crippen molar-refractivity contribution in [2.75, 3.05) is 19.8 Å². The Morgan fingerprint density at radius 2 is 2.05 bits per heavy atom. The molecule has 1 unspecified atom stereocenters. The molecule has 0 fully saturated rings. The maximum Gasteiger partial charge on any atom is 0.258 e. The van der Waals surface area contributed by atoms with Crippen LogP contribution in [0.25, 0.3) is 0 Å². The average molecular weight is 296 g/mol. The lowest BCUT2D eigenvalue weighted by molar-refractivity contribution is -0.123. The third-order valence-electron chi connectivity index (χ3n) is 2.55. The number of carbonyl (C=O) groups excluding carboxylic acids is 1. The SMILES string of the molecule is CCOC(C)CNC(=O)COc1ccc(C(N)=S)cc1. The summed E-state index contributed by atoms with van der Waals surface area (Å²) in [5.74, 6) is 0.410. The fourth-order valence-electron chi connectivity index (χ4n) is 1.52. The molecule has 3 N–H and O–H groups in total.